The van der Waals surface area contributed by atoms with Gasteiger partial charge in [-0.3, -0.25) is 4.98 Å². The van der Waals surface area contributed by atoms with E-state index in [-0.39, 0.29) is 11.9 Å². The molecule has 4 N–H and O–H groups in total. The Hall–Kier alpha value is -3.13. The second kappa shape index (κ2) is 9.38. The molecule has 2 heterocycles. The Balaban J connectivity index is 0.000000352. The fraction of sp³-hybridized carbons (Fsp3) is 0.278. The summed E-state index contributed by atoms with van der Waals surface area (Å²) in [6.07, 6.45) is 5.75. The molecular weight excluding hydrogens is 340 g/mol. The molecule has 1 aliphatic rings. The number of fused-ring (bicyclic) bond motifs is 1. The van der Waals surface area contributed by atoms with E-state index in [1.54, 1.807) is 24.5 Å². The summed E-state index contributed by atoms with van der Waals surface area (Å²) < 4.78 is 5.92. The number of aromatic nitrogens is 1. The molecule has 2 aromatic rings. The monoisotopic (exact) mass is 360 g/mol. The van der Waals surface area contributed by atoms with E-state index in [1.165, 1.54) is 11.1 Å². The first-order valence-corrected chi connectivity index (χ1v) is 8.00. The van der Waals surface area contributed by atoms with Gasteiger partial charge in [-0.05, 0) is 42.2 Å². The summed E-state index contributed by atoms with van der Waals surface area (Å²) >= 11 is 0. The topological polar surface area (TPSA) is 129 Å². The van der Waals surface area contributed by atoms with Crippen LogP contribution in [0.15, 0.2) is 42.7 Å². The molecule has 138 valence electrons. The normalized spacial score (nSPS) is 15.0. The van der Waals surface area contributed by atoms with Crippen molar-refractivity contribution in [2.24, 2.45) is 0 Å². The third-order valence-corrected chi connectivity index (χ3v) is 3.71. The van der Waals surface area contributed by atoms with Crippen LogP contribution in [0.5, 0.6) is 11.5 Å². The Morgan fingerprint density at radius 2 is 1.85 bits per heavy atom. The number of aromatic hydroxyl groups is 1. The highest BCUT2D eigenvalue weighted by atomic mass is 16.5. The number of aryl methyl sites for hydroxylation is 1. The molecule has 0 bridgehead atoms. The van der Waals surface area contributed by atoms with Gasteiger partial charge in [-0.15, -0.1) is 0 Å². The van der Waals surface area contributed by atoms with Crippen molar-refractivity contribution in [3.05, 3.63) is 53.9 Å². The molecule has 0 spiro atoms. The van der Waals surface area contributed by atoms with Gasteiger partial charge in [0.15, 0.2) is 0 Å². The number of nitrogens with zero attached hydrogens (tertiary/aromatic N) is 1. The Labute approximate surface area is 150 Å². The van der Waals surface area contributed by atoms with Crippen molar-refractivity contribution in [1.29, 1.82) is 0 Å². The van der Waals surface area contributed by atoms with Gasteiger partial charge in [0.2, 0.25) is 0 Å². The lowest BCUT2D eigenvalue weighted by Gasteiger charge is -2.26. The Morgan fingerprint density at radius 1 is 1.15 bits per heavy atom. The van der Waals surface area contributed by atoms with Gasteiger partial charge in [-0.1, -0.05) is 6.07 Å². The first-order valence-electron chi connectivity index (χ1n) is 8.00. The fourth-order valence-electron chi connectivity index (χ4n) is 2.44. The highest BCUT2D eigenvalue weighted by Crippen LogP contribution is 2.30. The maximum Gasteiger partial charge on any atom is 0.414 e. The van der Waals surface area contributed by atoms with E-state index >= 15 is 0 Å². The number of carbonyl (C=O) groups is 2. The standard InChI is InChI=1S/C16H18N2O2.C2H2O4/c19-14-3-1-13-2-4-15(20-16(13)9-14)11-18-10-12-5-7-17-8-6-12;3-1(4)2(5)6/h1,3,5-9,15,18-19H,2,4,10-11H2;(H,3,4)(H,5,6). The van der Waals surface area contributed by atoms with Crippen molar-refractivity contribution in [2.45, 2.75) is 25.5 Å². The highest BCUT2D eigenvalue weighted by molar-refractivity contribution is 6.27. The number of nitrogens with one attached hydrogen (secondary N) is 1. The lowest BCUT2D eigenvalue weighted by Crippen LogP contribution is -2.33. The summed E-state index contributed by atoms with van der Waals surface area (Å²) in [5.74, 6) is -2.58. The zero-order chi connectivity index (χ0) is 18.9. The van der Waals surface area contributed by atoms with Gasteiger partial charge in [0.1, 0.15) is 17.6 Å². The molecule has 1 unspecified atom stereocenters. The molecule has 0 saturated heterocycles. The van der Waals surface area contributed by atoms with Crippen LogP contribution in [0.3, 0.4) is 0 Å². The summed E-state index contributed by atoms with van der Waals surface area (Å²) in [7, 11) is 0. The molecule has 1 aromatic heterocycles. The zero-order valence-electron chi connectivity index (χ0n) is 14.0. The van der Waals surface area contributed by atoms with Crippen molar-refractivity contribution in [3.8, 4) is 11.5 Å². The molecule has 0 fully saturated rings. The highest BCUT2D eigenvalue weighted by Gasteiger charge is 2.19. The van der Waals surface area contributed by atoms with Crippen LogP contribution >= 0.6 is 0 Å². The number of benzene rings is 1. The van der Waals surface area contributed by atoms with E-state index < -0.39 is 11.9 Å². The number of phenols is 1. The molecule has 8 heteroatoms. The van der Waals surface area contributed by atoms with Gasteiger partial charge in [0.25, 0.3) is 0 Å². The second-order valence-corrected chi connectivity index (χ2v) is 5.67. The first kappa shape index (κ1) is 19.2. The molecule has 0 saturated carbocycles. The summed E-state index contributed by atoms with van der Waals surface area (Å²) in [6.45, 7) is 1.62. The van der Waals surface area contributed by atoms with Crippen LogP contribution in [0.4, 0.5) is 0 Å². The third kappa shape index (κ3) is 6.06. The minimum Gasteiger partial charge on any atom is -0.508 e. The number of carboxylic acids is 2. The van der Waals surface area contributed by atoms with Crippen LogP contribution in [0.25, 0.3) is 0 Å². The van der Waals surface area contributed by atoms with Crippen LogP contribution in [0.1, 0.15) is 17.5 Å². The summed E-state index contributed by atoms with van der Waals surface area (Å²) in [5, 5.41) is 27.7. The smallest absolute Gasteiger partial charge is 0.414 e. The predicted molar refractivity (Wildman–Crippen MR) is 92.1 cm³/mol. The van der Waals surface area contributed by atoms with E-state index in [0.717, 1.165) is 31.7 Å². The van der Waals surface area contributed by atoms with Gasteiger partial charge >= 0.3 is 11.9 Å². The number of rotatable bonds is 4. The Bertz CT molecular complexity index is 739. The number of ether oxygens (including phenoxy) is 1. The quantitative estimate of drug-likeness (QED) is 0.603. The molecule has 1 aromatic carbocycles. The van der Waals surface area contributed by atoms with Crippen LogP contribution in [0.2, 0.25) is 0 Å². The Morgan fingerprint density at radius 3 is 2.50 bits per heavy atom. The molecule has 8 nitrogen and oxygen atoms in total. The van der Waals surface area contributed by atoms with E-state index in [9.17, 15) is 5.11 Å². The molecule has 26 heavy (non-hydrogen) atoms. The van der Waals surface area contributed by atoms with E-state index in [2.05, 4.69) is 10.3 Å². The first-order chi connectivity index (χ1) is 12.5. The largest absolute Gasteiger partial charge is 0.508 e. The van der Waals surface area contributed by atoms with Crippen LogP contribution in [0, 0.1) is 0 Å². The van der Waals surface area contributed by atoms with Crippen molar-refractivity contribution >= 4 is 11.9 Å². The lowest BCUT2D eigenvalue weighted by atomic mass is 10.0. The van der Waals surface area contributed by atoms with E-state index in [1.807, 2.05) is 18.2 Å². The van der Waals surface area contributed by atoms with E-state index in [4.69, 9.17) is 24.5 Å². The minimum absolute atomic E-state index is 0.158. The molecule has 1 aliphatic heterocycles. The van der Waals surface area contributed by atoms with Crippen LogP contribution < -0.4 is 10.1 Å². The molecule has 0 aliphatic carbocycles. The number of pyridine rings is 1. The van der Waals surface area contributed by atoms with Gasteiger partial charge in [-0.25, -0.2) is 9.59 Å². The maximum absolute atomic E-state index is 9.50. The average molecular weight is 360 g/mol. The maximum atomic E-state index is 9.50. The van der Waals surface area contributed by atoms with Gasteiger partial charge in [0.05, 0.1) is 0 Å². The number of hydrogen-bond acceptors (Lipinski definition) is 6. The molecule has 3 rings (SSSR count). The van der Waals surface area contributed by atoms with Crippen molar-refractivity contribution in [1.82, 2.24) is 10.3 Å². The number of carboxylic acid groups (broad SMARTS) is 2. The van der Waals surface area contributed by atoms with Gasteiger partial charge in [0, 0.05) is 31.5 Å². The number of hydrogen-bond donors (Lipinski definition) is 4. The number of phenolic OH excluding ortho intramolecular Hbond substituents is 1. The zero-order valence-corrected chi connectivity index (χ0v) is 14.0. The van der Waals surface area contributed by atoms with Gasteiger partial charge in [-0.2, -0.15) is 0 Å². The third-order valence-electron chi connectivity index (χ3n) is 3.71. The second-order valence-electron chi connectivity index (χ2n) is 5.67. The van der Waals surface area contributed by atoms with Gasteiger partial charge < -0.3 is 25.4 Å². The van der Waals surface area contributed by atoms with E-state index in [0.29, 0.717) is 0 Å². The van der Waals surface area contributed by atoms with Crippen LogP contribution in [-0.2, 0) is 22.6 Å². The minimum atomic E-state index is -1.82. The lowest BCUT2D eigenvalue weighted by molar-refractivity contribution is -0.159. The molecule has 0 amide bonds. The summed E-state index contributed by atoms with van der Waals surface area (Å²) in [5.41, 5.74) is 2.39. The average Bonchev–Trinajstić information content (AvgIpc) is 2.62. The Kier molecular flexibility index (Phi) is 6.92. The van der Waals surface area contributed by atoms with Crippen LogP contribution in [-0.4, -0.2) is 44.9 Å². The van der Waals surface area contributed by atoms with Crippen molar-refractivity contribution in [2.75, 3.05) is 6.54 Å². The number of aliphatic carboxylic acids is 2. The predicted octanol–water partition coefficient (Wildman–Crippen LogP) is 1.43. The van der Waals surface area contributed by atoms with Crippen molar-refractivity contribution < 1.29 is 29.6 Å². The molecular formula is C18H20N2O6. The summed E-state index contributed by atoms with van der Waals surface area (Å²) in [6, 6.07) is 9.35. The molecule has 0 radical (unpaired) electrons. The molecule has 1 atom stereocenters. The van der Waals surface area contributed by atoms with Crippen molar-refractivity contribution in [3.63, 3.8) is 0 Å². The fourth-order valence-corrected chi connectivity index (χ4v) is 2.44. The SMILES string of the molecule is O=C(O)C(=O)O.Oc1ccc2c(c1)OC(CNCc1ccncc1)CC2. The summed E-state index contributed by atoms with van der Waals surface area (Å²) in [4.78, 5) is 22.2.